The molecule has 9 nitrogen and oxygen atoms in total. The molecule has 9 heteroatoms. The van der Waals surface area contributed by atoms with Crippen molar-refractivity contribution < 1.29 is 19.4 Å². The summed E-state index contributed by atoms with van der Waals surface area (Å²) in [6.07, 6.45) is 0.103. The van der Waals surface area contributed by atoms with Gasteiger partial charge in [-0.25, -0.2) is 4.79 Å². The fraction of sp³-hybridized carbons (Fsp3) is 0.462. The molecule has 0 aromatic heterocycles. The number of aryl methyl sites for hydroxylation is 1. The molecule has 3 amide bonds. The lowest BCUT2D eigenvalue weighted by Crippen LogP contribution is -2.67. The van der Waals surface area contributed by atoms with E-state index in [-0.39, 0.29) is 18.2 Å². The Morgan fingerprint density at radius 3 is 2.51 bits per heavy atom. The summed E-state index contributed by atoms with van der Waals surface area (Å²) < 4.78 is 5.56. The lowest BCUT2D eigenvalue weighted by molar-refractivity contribution is -0.139. The molecule has 3 aliphatic rings. The highest BCUT2D eigenvalue weighted by atomic mass is 16.5. The van der Waals surface area contributed by atoms with Crippen molar-refractivity contribution >= 4 is 17.6 Å². The Hall–Kier alpha value is -3.14. The lowest BCUT2D eigenvalue weighted by Gasteiger charge is -2.45. The number of anilines is 1. The van der Waals surface area contributed by atoms with Gasteiger partial charge < -0.3 is 19.6 Å². The van der Waals surface area contributed by atoms with Crippen LogP contribution in [0.5, 0.6) is 5.75 Å². The number of urea groups is 1. The highest BCUT2D eigenvalue weighted by Gasteiger charge is 2.56. The Bertz CT molecular complexity index is 1050. The number of imide groups is 1. The van der Waals surface area contributed by atoms with Gasteiger partial charge in [0.05, 0.1) is 12.7 Å². The smallest absolute Gasteiger partial charge is 0.327 e. The van der Waals surface area contributed by atoms with E-state index in [0.717, 1.165) is 17.9 Å². The minimum absolute atomic E-state index is 0.207. The Morgan fingerprint density at radius 2 is 1.80 bits per heavy atom. The number of aliphatic hydroxyl groups is 1. The molecule has 5 rings (SSSR count). The number of ether oxygens (including phenoxy) is 1. The summed E-state index contributed by atoms with van der Waals surface area (Å²) in [5, 5.41) is 14.2. The number of nitrogens with one attached hydrogen (secondary N) is 1. The van der Waals surface area contributed by atoms with Gasteiger partial charge in [-0.3, -0.25) is 19.9 Å². The third-order valence-corrected chi connectivity index (χ3v) is 7.05. The van der Waals surface area contributed by atoms with Gasteiger partial charge in [0.15, 0.2) is 0 Å². The van der Waals surface area contributed by atoms with E-state index >= 15 is 0 Å². The molecule has 3 fully saturated rings. The number of aliphatic hydroxyl groups excluding tert-OH is 1. The third kappa shape index (κ3) is 4.47. The molecular weight excluding hydrogens is 446 g/mol. The largest absolute Gasteiger partial charge is 0.494 e. The number of rotatable bonds is 7. The van der Waals surface area contributed by atoms with Crippen molar-refractivity contribution in [1.82, 2.24) is 20.0 Å². The van der Waals surface area contributed by atoms with E-state index in [0.29, 0.717) is 32.7 Å². The summed E-state index contributed by atoms with van der Waals surface area (Å²) in [6.45, 7) is 3.68. The average molecular weight is 480 g/mol. The molecule has 3 heterocycles. The van der Waals surface area contributed by atoms with Crippen molar-refractivity contribution in [1.29, 1.82) is 0 Å². The predicted octanol–water partition coefficient (Wildman–Crippen LogP) is 1.68. The normalized spacial score (nSPS) is 26.7. The summed E-state index contributed by atoms with van der Waals surface area (Å²) in [5.41, 5.74) is 2.10. The highest BCUT2D eigenvalue weighted by Crippen LogP contribution is 2.33. The van der Waals surface area contributed by atoms with Crippen molar-refractivity contribution in [3.05, 3.63) is 60.2 Å². The molecule has 4 unspecified atom stereocenters. The van der Waals surface area contributed by atoms with Gasteiger partial charge >= 0.3 is 6.03 Å². The fourth-order valence-corrected chi connectivity index (χ4v) is 5.39. The summed E-state index contributed by atoms with van der Waals surface area (Å²) in [6, 6.07) is 16.9. The molecule has 3 saturated heterocycles. The summed E-state index contributed by atoms with van der Waals surface area (Å²) >= 11 is 0. The number of amides is 3. The highest BCUT2D eigenvalue weighted by molar-refractivity contribution is 6.00. The van der Waals surface area contributed by atoms with E-state index in [9.17, 15) is 14.7 Å². The lowest BCUT2D eigenvalue weighted by atomic mass is 10.1. The Morgan fingerprint density at radius 1 is 1.06 bits per heavy atom. The van der Waals surface area contributed by atoms with Crippen LogP contribution in [-0.4, -0.2) is 89.6 Å². The van der Waals surface area contributed by atoms with Crippen LogP contribution in [0.15, 0.2) is 54.6 Å². The van der Waals surface area contributed by atoms with Crippen LogP contribution in [-0.2, 0) is 11.2 Å². The number of benzene rings is 2. The van der Waals surface area contributed by atoms with E-state index in [2.05, 4.69) is 17.4 Å². The Kier molecular flexibility index (Phi) is 6.64. The molecule has 186 valence electrons. The van der Waals surface area contributed by atoms with E-state index in [1.165, 1.54) is 10.5 Å². The minimum Gasteiger partial charge on any atom is -0.494 e. The van der Waals surface area contributed by atoms with E-state index in [1.807, 2.05) is 59.2 Å². The summed E-state index contributed by atoms with van der Waals surface area (Å²) in [7, 11) is 1.74. The quantitative estimate of drug-likeness (QED) is 0.625. The molecule has 35 heavy (non-hydrogen) atoms. The summed E-state index contributed by atoms with van der Waals surface area (Å²) in [5.74, 6) is 0.576. The first kappa shape index (κ1) is 23.6. The first-order valence-electron chi connectivity index (χ1n) is 12.3. The van der Waals surface area contributed by atoms with Gasteiger partial charge in [0, 0.05) is 32.4 Å². The van der Waals surface area contributed by atoms with Crippen molar-refractivity contribution in [3.8, 4) is 5.75 Å². The second-order valence-electron chi connectivity index (χ2n) is 9.33. The van der Waals surface area contributed by atoms with Crippen LogP contribution in [0.3, 0.4) is 0 Å². The number of hydrogen-bond donors (Lipinski definition) is 2. The van der Waals surface area contributed by atoms with Crippen LogP contribution in [0.2, 0.25) is 0 Å². The van der Waals surface area contributed by atoms with Gasteiger partial charge in [-0.1, -0.05) is 30.3 Å². The first-order chi connectivity index (χ1) is 17.0. The maximum atomic E-state index is 13.6. The van der Waals surface area contributed by atoms with Gasteiger partial charge in [0.25, 0.3) is 5.91 Å². The zero-order valence-corrected chi connectivity index (χ0v) is 20.2. The molecular formula is C26H33N5O4. The number of carbonyl (C=O) groups excluding carboxylic acids is 2. The van der Waals surface area contributed by atoms with Crippen LogP contribution in [0.1, 0.15) is 18.9 Å². The fourth-order valence-electron chi connectivity index (χ4n) is 5.39. The predicted molar refractivity (Wildman–Crippen MR) is 132 cm³/mol. The second-order valence-corrected chi connectivity index (χ2v) is 9.33. The minimum atomic E-state index is -0.624. The Labute approximate surface area is 205 Å². The van der Waals surface area contributed by atoms with Gasteiger partial charge in [-0.2, -0.15) is 0 Å². The Balaban J connectivity index is 1.34. The van der Waals surface area contributed by atoms with Gasteiger partial charge in [0.1, 0.15) is 24.2 Å². The van der Waals surface area contributed by atoms with Crippen molar-refractivity contribution in [2.45, 2.75) is 44.4 Å². The molecule has 2 N–H and O–H groups in total. The molecule has 2 aromatic carbocycles. The molecule has 0 bridgehead atoms. The van der Waals surface area contributed by atoms with E-state index in [1.54, 1.807) is 11.9 Å². The van der Waals surface area contributed by atoms with E-state index in [4.69, 9.17) is 4.74 Å². The molecule has 0 radical (unpaired) electrons. The van der Waals surface area contributed by atoms with Crippen LogP contribution < -0.4 is 15.0 Å². The van der Waals surface area contributed by atoms with Crippen LogP contribution in [0.25, 0.3) is 0 Å². The zero-order valence-electron chi connectivity index (χ0n) is 20.2. The van der Waals surface area contributed by atoms with Crippen molar-refractivity contribution in [3.63, 3.8) is 0 Å². The number of hydrogen-bond acceptors (Lipinski definition) is 7. The maximum absolute atomic E-state index is 13.6. The molecule has 3 aliphatic heterocycles. The number of fused-ring (bicyclic) bond motifs is 3. The van der Waals surface area contributed by atoms with Crippen LogP contribution >= 0.6 is 0 Å². The van der Waals surface area contributed by atoms with Crippen LogP contribution in [0, 0.1) is 0 Å². The molecule has 0 aliphatic carbocycles. The third-order valence-electron chi connectivity index (χ3n) is 7.05. The molecule has 0 saturated carbocycles. The maximum Gasteiger partial charge on any atom is 0.327 e. The van der Waals surface area contributed by atoms with Crippen LogP contribution in [0.4, 0.5) is 10.5 Å². The monoisotopic (exact) mass is 479 g/mol. The van der Waals surface area contributed by atoms with Gasteiger partial charge in [-0.15, -0.1) is 0 Å². The number of nitrogens with zero attached hydrogens (tertiary/aromatic N) is 4. The van der Waals surface area contributed by atoms with Gasteiger partial charge in [-0.05, 0) is 49.6 Å². The zero-order chi connectivity index (χ0) is 24.5. The summed E-state index contributed by atoms with van der Waals surface area (Å²) in [4.78, 5) is 33.8. The average Bonchev–Trinajstić information content (AvgIpc) is 3.25. The number of β-amino-alcohol motifs (C(OH)–C–C–N with tert-alkyl or cyclic N) is 1. The standard InChI is InChI=1S/C26H33N5O4/c1-3-35-21-13-11-19(12-14-21)30-16-20(32)17-31-22-23(27-25(30)31)28(2)26(34)29(24(22)33)15-7-10-18-8-5-4-6-9-18/h4-6,8-9,11-14,20,22-23,25,27,32H,3,7,10,15-17H2,1-2H3. The topological polar surface area (TPSA) is 88.6 Å². The first-order valence-corrected chi connectivity index (χ1v) is 12.3. The molecule has 0 spiro atoms. The second kappa shape index (κ2) is 9.85. The van der Waals surface area contributed by atoms with Gasteiger partial charge in [0.2, 0.25) is 0 Å². The number of carbonyl (C=O) groups is 2. The molecule has 2 aromatic rings. The SMILES string of the molecule is CCOc1ccc(N2CC(O)CN3C4C(=O)N(CCCc5ccccc5)C(=O)N(C)C4NC23)cc1. The molecule has 4 atom stereocenters. The van der Waals surface area contributed by atoms with Crippen molar-refractivity contribution in [2.75, 3.05) is 38.2 Å². The van der Waals surface area contributed by atoms with E-state index < -0.39 is 18.3 Å². The van der Waals surface area contributed by atoms with Crippen molar-refractivity contribution in [2.24, 2.45) is 0 Å². The number of likely N-dealkylation sites (N-methyl/N-ethyl adjacent to an activating group) is 1.